The Morgan fingerprint density at radius 1 is 1.10 bits per heavy atom. The van der Waals surface area contributed by atoms with E-state index in [4.69, 9.17) is 4.74 Å². The van der Waals surface area contributed by atoms with Crippen LogP contribution >= 0.6 is 11.8 Å². The molecule has 0 atom stereocenters. The van der Waals surface area contributed by atoms with Crippen molar-refractivity contribution < 1.29 is 18.7 Å². The minimum atomic E-state index is -1.02. The number of hydrogen-bond donors (Lipinski definition) is 1. The van der Waals surface area contributed by atoms with Crippen LogP contribution in [0.5, 0.6) is 5.75 Å². The van der Waals surface area contributed by atoms with Gasteiger partial charge in [-0.3, -0.25) is 14.5 Å². The minimum absolute atomic E-state index is 0.127. The second-order valence-electron chi connectivity index (χ2n) is 6.76. The predicted molar refractivity (Wildman–Crippen MR) is 119 cm³/mol. The molecule has 0 aliphatic carbocycles. The number of anilines is 3. The summed E-state index contributed by atoms with van der Waals surface area (Å²) in [5.74, 6) is 0.325. The zero-order chi connectivity index (χ0) is 21.1. The number of nitrogens with one attached hydrogen (secondary N) is 1. The highest BCUT2D eigenvalue weighted by atomic mass is 32.2. The fourth-order valence-corrected chi connectivity index (χ4v) is 4.43. The first-order chi connectivity index (χ1) is 14.5. The van der Waals surface area contributed by atoms with Crippen LogP contribution in [0.3, 0.4) is 0 Å². The molecule has 1 aliphatic heterocycles. The van der Waals surface area contributed by atoms with E-state index in [9.17, 15) is 14.0 Å². The summed E-state index contributed by atoms with van der Waals surface area (Å²) in [4.78, 5) is 34.7. The summed E-state index contributed by atoms with van der Waals surface area (Å²) in [6, 6.07) is 15.5. The van der Waals surface area contributed by atoms with Crippen LogP contribution in [-0.4, -0.2) is 40.4 Å². The monoisotopic (exact) mass is 428 g/mol. The number of nitrogens with zero attached hydrogens (tertiary/aromatic N) is 3. The largest absolute Gasteiger partial charge is 0.494 e. The molecular formula is C21H21FN4O3S. The normalized spacial score (nSPS) is 14.3. The van der Waals surface area contributed by atoms with Gasteiger partial charge in [0.1, 0.15) is 5.82 Å². The standard InChI is InChI=1S/C21H21FN4O3S/c1-29-17-8-7-14(11-15(17)22)23-21-24-16(13-5-3-2-4-6-13)12-18(25-21)26-9-10-30-20(28)19(26)27/h2-8,11-12H,9-10H2,1H3,30H4,(H,23,24,25). The van der Waals surface area contributed by atoms with Crippen molar-refractivity contribution in [2.45, 2.75) is 0 Å². The van der Waals surface area contributed by atoms with Crippen molar-refractivity contribution in [2.24, 2.45) is 0 Å². The Kier molecular flexibility index (Phi) is 5.62. The lowest BCUT2D eigenvalue weighted by atomic mass is 10.1. The van der Waals surface area contributed by atoms with Crippen molar-refractivity contribution in [1.29, 1.82) is 0 Å². The first kappa shape index (κ1) is 19.8. The molecule has 2 aromatic carbocycles. The number of aromatic nitrogens is 2. The number of ether oxygens (including phenoxy) is 1. The van der Waals surface area contributed by atoms with Gasteiger partial charge < -0.3 is 10.1 Å². The van der Waals surface area contributed by atoms with Crippen LogP contribution in [0.4, 0.5) is 21.8 Å². The zero-order valence-corrected chi connectivity index (χ0v) is 17.7. The maximum absolute atomic E-state index is 14.1. The molecule has 0 unspecified atom stereocenters. The van der Waals surface area contributed by atoms with Crippen LogP contribution in [0.1, 0.15) is 0 Å². The lowest BCUT2D eigenvalue weighted by molar-refractivity contribution is -0.131. The van der Waals surface area contributed by atoms with E-state index in [1.54, 1.807) is 12.1 Å². The lowest BCUT2D eigenvalue weighted by Gasteiger charge is -2.26. The maximum atomic E-state index is 14.1. The number of rotatable bonds is 5. The van der Waals surface area contributed by atoms with Crippen LogP contribution in [0.15, 0.2) is 54.6 Å². The highest BCUT2D eigenvalue weighted by Gasteiger charge is 2.27. The Balaban J connectivity index is 1.75. The third kappa shape index (κ3) is 4.11. The Morgan fingerprint density at radius 3 is 2.63 bits per heavy atom. The SMILES string of the molecule is COc1ccc(Nc2nc(-c3ccccc3)cc(N3CC[SH4]C(=O)C3=O)n2)cc1F. The number of halogens is 1. The second kappa shape index (κ2) is 8.50. The summed E-state index contributed by atoms with van der Waals surface area (Å²) >= 11 is -1.02. The number of hydrogen-bond acceptors (Lipinski definition) is 6. The van der Waals surface area contributed by atoms with E-state index >= 15 is 0 Å². The van der Waals surface area contributed by atoms with Gasteiger partial charge in [0.2, 0.25) is 11.1 Å². The van der Waals surface area contributed by atoms with E-state index in [-0.39, 0.29) is 16.8 Å². The van der Waals surface area contributed by atoms with Crippen molar-refractivity contribution in [1.82, 2.24) is 9.97 Å². The van der Waals surface area contributed by atoms with Gasteiger partial charge in [-0.05, 0) is 17.9 Å². The first-order valence-corrected chi connectivity index (χ1v) is 11.2. The fourth-order valence-electron chi connectivity index (χ4n) is 3.23. The van der Waals surface area contributed by atoms with Crippen molar-refractivity contribution in [3.05, 3.63) is 60.4 Å². The Labute approximate surface area is 176 Å². The molecule has 0 bridgehead atoms. The summed E-state index contributed by atoms with van der Waals surface area (Å²) in [6.07, 6.45) is 0. The van der Waals surface area contributed by atoms with Gasteiger partial charge in [-0.15, -0.1) is 0 Å². The van der Waals surface area contributed by atoms with Gasteiger partial charge in [-0.1, -0.05) is 30.3 Å². The average molecular weight is 428 g/mol. The molecule has 7 nitrogen and oxygen atoms in total. The van der Waals surface area contributed by atoms with Crippen molar-refractivity contribution in [3.63, 3.8) is 0 Å². The van der Waals surface area contributed by atoms with Crippen molar-refractivity contribution in [3.8, 4) is 17.0 Å². The fraction of sp³-hybridized carbons (Fsp3) is 0.143. The smallest absolute Gasteiger partial charge is 0.302 e. The van der Waals surface area contributed by atoms with E-state index in [2.05, 4.69) is 15.3 Å². The Hall–Kier alpha value is -3.46. The lowest BCUT2D eigenvalue weighted by Crippen LogP contribution is -2.41. The molecule has 1 saturated heterocycles. The van der Waals surface area contributed by atoms with Gasteiger partial charge in [0, 0.05) is 29.9 Å². The highest BCUT2D eigenvalue weighted by Crippen LogP contribution is 2.28. The molecule has 0 spiro atoms. The van der Waals surface area contributed by atoms with Crippen molar-refractivity contribution in [2.75, 3.05) is 29.6 Å². The Bertz CT molecular complexity index is 1110. The first-order valence-electron chi connectivity index (χ1n) is 9.45. The van der Waals surface area contributed by atoms with Crippen molar-refractivity contribution >= 4 is 40.2 Å². The van der Waals surface area contributed by atoms with Crippen LogP contribution in [0, 0.1) is 5.82 Å². The maximum Gasteiger partial charge on any atom is 0.302 e. The predicted octanol–water partition coefficient (Wildman–Crippen LogP) is 2.57. The summed E-state index contributed by atoms with van der Waals surface area (Å²) in [7, 11) is 1.39. The number of carbonyl (C=O) groups excluding carboxylic acids is 2. The number of methoxy groups -OCH3 is 1. The summed E-state index contributed by atoms with van der Waals surface area (Å²) in [5, 5.41) is 2.68. The van der Waals surface area contributed by atoms with E-state index in [0.717, 1.165) is 5.56 Å². The molecule has 4 rings (SSSR count). The van der Waals surface area contributed by atoms with Crippen LogP contribution < -0.4 is 15.0 Å². The molecule has 1 amide bonds. The molecule has 30 heavy (non-hydrogen) atoms. The van der Waals surface area contributed by atoms with Gasteiger partial charge in [-0.25, -0.2) is 21.1 Å². The molecular weight excluding hydrogens is 407 g/mol. The third-order valence-electron chi connectivity index (χ3n) is 4.74. The number of carbonyl (C=O) groups is 2. The Morgan fingerprint density at radius 2 is 1.90 bits per heavy atom. The molecule has 0 radical (unpaired) electrons. The zero-order valence-electron chi connectivity index (χ0n) is 16.3. The van der Waals surface area contributed by atoms with Gasteiger partial charge in [0.05, 0.1) is 12.8 Å². The summed E-state index contributed by atoms with van der Waals surface area (Å²) < 4.78 is 19.0. The van der Waals surface area contributed by atoms with E-state index in [0.29, 0.717) is 29.5 Å². The second-order valence-corrected chi connectivity index (χ2v) is 8.61. The van der Waals surface area contributed by atoms with E-state index < -0.39 is 23.5 Å². The summed E-state index contributed by atoms with van der Waals surface area (Å²) in [5.41, 5.74) is 1.84. The minimum Gasteiger partial charge on any atom is -0.494 e. The molecule has 0 saturated carbocycles. The van der Waals surface area contributed by atoms with Crippen LogP contribution in [0.2, 0.25) is 0 Å². The quantitative estimate of drug-likeness (QED) is 0.629. The molecule has 156 valence electrons. The van der Waals surface area contributed by atoms with Crippen LogP contribution in [-0.2, 0) is 9.59 Å². The van der Waals surface area contributed by atoms with Gasteiger partial charge in [-0.2, -0.15) is 4.98 Å². The van der Waals surface area contributed by atoms with Gasteiger partial charge in [0.25, 0.3) is 0 Å². The third-order valence-corrected chi connectivity index (χ3v) is 6.16. The molecule has 2 heterocycles. The van der Waals surface area contributed by atoms with Gasteiger partial charge >= 0.3 is 5.91 Å². The molecule has 1 N–H and O–H groups in total. The topological polar surface area (TPSA) is 84.4 Å². The van der Waals surface area contributed by atoms with E-state index in [1.807, 2.05) is 30.3 Å². The number of benzene rings is 2. The molecule has 1 aliphatic rings. The van der Waals surface area contributed by atoms with E-state index in [1.165, 1.54) is 24.1 Å². The molecule has 9 heteroatoms. The molecule has 1 aromatic heterocycles. The average Bonchev–Trinajstić information content (AvgIpc) is 2.76. The molecule has 3 aromatic rings. The summed E-state index contributed by atoms with van der Waals surface area (Å²) in [6.45, 7) is 0.457. The molecule has 1 fully saturated rings. The highest BCUT2D eigenvalue weighted by molar-refractivity contribution is 8.15. The van der Waals surface area contributed by atoms with Gasteiger partial charge in [0.15, 0.2) is 11.6 Å². The van der Waals surface area contributed by atoms with Crippen LogP contribution in [0.25, 0.3) is 11.3 Å². The number of amides is 1.